The van der Waals surface area contributed by atoms with E-state index in [1.54, 1.807) is 7.11 Å². The molecule has 0 spiro atoms. The maximum absolute atomic E-state index is 9.26. The summed E-state index contributed by atoms with van der Waals surface area (Å²) < 4.78 is 12.1. The molecule has 0 radical (unpaired) electrons. The van der Waals surface area contributed by atoms with Gasteiger partial charge in [-0.3, -0.25) is 0 Å². The van der Waals surface area contributed by atoms with Crippen molar-refractivity contribution in [2.45, 2.75) is 23.6 Å². The second-order valence-electron chi connectivity index (χ2n) is 3.73. The Hall–Kier alpha value is -0.381. The van der Waals surface area contributed by atoms with Gasteiger partial charge >= 0.3 is 102 Å². The first-order valence-electron chi connectivity index (χ1n) is 5.34. The maximum atomic E-state index is 9.26. The number of methoxy groups -OCH3 is 1. The molecule has 16 heavy (non-hydrogen) atoms. The van der Waals surface area contributed by atoms with Gasteiger partial charge in [-0.25, -0.2) is 0 Å². The summed E-state index contributed by atoms with van der Waals surface area (Å²) in [4.78, 5) is 0.407. The van der Waals surface area contributed by atoms with Gasteiger partial charge in [0.2, 0.25) is 0 Å². The molecular formula is C12H16O3Se. The Labute approximate surface area is 102 Å². The van der Waals surface area contributed by atoms with Crippen LogP contribution in [0.5, 0.6) is 0 Å². The van der Waals surface area contributed by atoms with Crippen LogP contribution in [0.2, 0.25) is 4.82 Å². The summed E-state index contributed by atoms with van der Waals surface area (Å²) in [5.41, 5.74) is 0. The summed E-state index contributed by atoms with van der Waals surface area (Å²) in [5.74, 6) is 0. The number of ether oxygens (including phenoxy) is 2. The number of hydrogen-bond acceptors (Lipinski definition) is 3. The van der Waals surface area contributed by atoms with Crippen molar-refractivity contribution in [3.05, 3.63) is 30.3 Å². The Kier molecular flexibility index (Phi) is 4.38. The van der Waals surface area contributed by atoms with Crippen LogP contribution in [-0.2, 0) is 9.47 Å². The van der Waals surface area contributed by atoms with Gasteiger partial charge < -0.3 is 0 Å². The fourth-order valence-corrected chi connectivity index (χ4v) is 4.35. The molecule has 0 amide bonds. The summed E-state index contributed by atoms with van der Waals surface area (Å²) in [6.07, 6.45) is 0.675. The molecule has 1 N–H and O–H groups in total. The first-order valence-corrected chi connectivity index (χ1v) is 7.19. The van der Waals surface area contributed by atoms with E-state index in [2.05, 4.69) is 24.3 Å². The van der Waals surface area contributed by atoms with Crippen LogP contribution in [0, 0.1) is 0 Å². The zero-order chi connectivity index (χ0) is 11.4. The van der Waals surface area contributed by atoms with Gasteiger partial charge in [-0.15, -0.1) is 0 Å². The monoisotopic (exact) mass is 288 g/mol. The fourth-order valence-electron chi connectivity index (χ4n) is 1.79. The Morgan fingerprint density at radius 2 is 2.19 bits per heavy atom. The number of benzene rings is 1. The molecule has 1 aliphatic heterocycles. The summed E-state index contributed by atoms with van der Waals surface area (Å²) in [6, 6.07) is 10.4. The molecule has 2 rings (SSSR count). The zero-order valence-corrected chi connectivity index (χ0v) is 10.9. The van der Waals surface area contributed by atoms with Crippen molar-refractivity contribution in [2.75, 3.05) is 13.7 Å². The fraction of sp³-hybridized carbons (Fsp3) is 0.500. The van der Waals surface area contributed by atoms with E-state index in [0.717, 1.165) is 6.42 Å². The molecule has 4 heteroatoms. The van der Waals surface area contributed by atoms with E-state index in [1.807, 2.05) is 6.07 Å². The van der Waals surface area contributed by atoms with E-state index >= 15 is 0 Å². The van der Waals surface area contributed by atoms with Crippen LogP contribution in [0.1, 0.15) is 6.42 Å². The van der Waals surface area contributed by atoms with E-state index in [1.165, 1.54) is 4.46 Å². The second-order valence-corrected chi connectivity index (χ2v) is 6.48. The van der Waals surface area contributed by atoms with Crippen LogP contribution < -0.4 is 4.46 Å². The van der Waals surface area contributed by atoms with Gasteiger partial charge in [0.25, 0.3) is 0 Å². The zero-order valence-electron chi connectivity index (χ0n) is 9.20. The van der Waals surface area contributed by atoms with E-state index < -0.39 is 0 Å². The van der Waals surface area contributed by atoms with Crippen LogP contribution >= 0.6 is 0 Å². The summed E-state index contributed by atoms with van der Waals surface area (Å²) in [7, 11) is 1.65. The molecule has 0 saturated carbocycles. The van der Waals surface area contributed by atoms with Gasteiger partial charge in [0.15, 0.2) is 0 Å². The molecule has 0 bridgehead atoms. The predicted molar refractivity (Wildman–Crippen MR) is 63.0 cm³/mol. The number of hydrogen-bond donors (Lipinski definition) is 1. The normalized spacial score (nSPS) is 29.5. The summed E-state index contributed by atoms with van der Waals surface area (Å²) in [5, 5.41) is 9.26. The Bertz CT molecular complexity index is 317. The molecule has 88 valence electrons. The molecule has 1 saturated heterocycles. The van der Waals surface area contributed by atoms with E-state index in [0.29, 0.717) is 19.8 Å². The molecular weight excluding hydrogens is 271 g/mol. The molecule has 1 unspecified atom stereocenters. The van der Waals surface area contributed by atoms with Crippen LogP contribution in [0.3, 0.4) is 0 Å². The topological polar surface area (TPSA) is 38.7 Å². The minimum atomic E-state index is -0.146. The third-order valence-electron chi connectivity index (χ3n) is 2.64. The van der Waals surface area contributed by atoms with Crippen molar-refractivity contribution in [1.29, 1.82) is 0 Å². The van der Waals surface area contributed by atoms with Gasteiger partial charge in [0.1, 0.15) is 0 Å². The third kappa shape index (κ3) is 2.84. The second kappa shape index (κ2) is 5.80. The standard InChI is InChI=1S/C12H16O3Se/c1-14-12-7-11(10(8-13)15-12)16-9-5-3-2-4-6-9/h2-6,10-13H,7-8H2,1H3/t10-,11+,12?/m1/s1. The van der Waals surface area contributed by atoms with Crippen molar-refractivity contribution in [1.82, 2.24) is 0 Å². The predicted octanol–water partition coefficient (Wildman–Crippen LogP) is 0.558. The first kappa shape index (κ1) is 12.1. The van der Waals surface area contributed by atoms with Gasteiger partial charge in [0, 0.05) is 0 Å². The number of aliphatic hydroxyl groups excluding tert-OH is 1. The molecule has 1 aromatic rings. The quantitative estimate of drug-likeness (QED) is 0.822. The molecule has 1 fully saturated rings. The molecule has 0 aliphatic carbocycles. The molecule has 1 aliphatic rings. The number of rotatable bonds is 4. The van der Waals surface area contributed by atoms with Crippen molar-refractivity contribution >= 4 is 19.4 Å². The Morgan fingerprint density at radius 1 is 1.44 bits per heavy atom. The van der Waals surface area contributed by atoms with Crippen LogP contribution in [0.25, 0.3) is 0 Å². The molecule has 3 nitrogen and oxygen atoms in total. The van der Waals surface area contributed by atoms with E-state index in [9.17, 15) is 5.11 Å². The van der Waals surface area contributed by atoms with Crippen molar-refractivity contribution in [3.63, 3.8) is 0 Å². The summed E-state index contributed by atoms with van der Waals surface area (Å²) in [6.45, 7) is 0.0825. The molecule has 3 atom stereocenters. The minimum absolute atomic E-state index is 0.0647. The van der Waals surface area contributed by atoms with Gasteiger partial charge in [-0.1, -0.05) is 0 Å². The molecule has 1 aromatic carbocycles. The Morgan fingerprint density at radius 3 is 2.81 bits per heavy atom. The van der Waals surface area contributed by atoms with Crippen LogP contribution in [0.15, 0.2) is 30.3 Å². The third-order valence-corrected chi connectivity index (χ3v) is 5.46. The average Bonchev–Trinajstić information content (AvgIpc) is 2.73. The first-order chi connectivity index (χ1) is 7.83. The summed E-state index contributed by atoms with van der Waals surface area (Å²) >= 11 is 0.335. The van der Waals surface area contributed by atoms with Crippen molar-refractivity contribution in [3.8, 4) is 0 Å². The average molecular weight is 287 g/mol. The molecule has 1 heterocycles. The Balaban J connectivity index is 1.98. The van der Waals surface area contributed by atoms with Crippen molar-refractivity contribution < 1.29 is 14.6 Å². The van der Waals surface area contributed by atoms with Gasteiger partial charge in [0.05, 0.1) is 0 Å². The van der Waals surface area contributed by atoms with Crippen LogP contribution in [0.4, 0.5) is 0 Å². The van der Waals surface area contributed by atoms with Crippen molar-refractivity contribution in [2.24, 2.45) is 0 Å². The van der Waals surface area contributed by atoms with Crippen LogP contribution in [-0.4, -0.2) is 46.2 Å². The van der Waals surface area contributed by atoms with E-state index in [-0.39, 0.29) is 19.0 Å². The molecule has 0 aromatic heterocycles. The van der Waals surface area contributed by atoms with E-state index in [4.69, 9.17) is 9.47 Å². The van der Waals surface area contributed by atoms with Gasteiger partial charge in [-0.2, -0.15) is 0 Å². The SMILES string of the molecule is COC1C[C@H]([Se]c2ccccc2)[C@@H](CO)O1. The van der Waals surface area contributed by atoms with Gasteiger partial charge in [-0.05, 0) is 0 Å². The number of aliphatic hydroxyl groups is 1.